The molecule has 0 saturated carbocycles. The number of nitrogens with one attached hydrogen (secondary N) is 1. The standard InChI is InChI=1S/C21H24N4O3/c1-14-9-15(2)11-18(10-14)22-19(26)12-25-6-3-16(4-7-25)20-23-24-21(28-20)17-5-8-27-13-17/h5,8-11,13,16H,3-4,6-7,12H2,1-2H3,(H,22,26). The summed E-state index contributed by atoms with van der Waals surface area (Å²) in [6.45, 7) is 6.11. The average molecular weight is 380 g/mol. The minimum atomic E-state index is 0.0171. The molecule has 7 heteroatoms. The molecular formula is C21H24N4O3. The van der Waals surface area contributed by atoms with Crippen LogP contribution in [-0.4, -0.2) is 40.6 Å². The Morgan fingerprint density at radius 2 is 1.93 bits per heavy atom. The van der Waals surface area contributed by atoms with Gasteiger partial charge in [0.2, 0.25) is 11.8 Å². The van der Waals surface area contributed by atoms with Gasteiger partial charge in [-0.05, 0) is 69.1 Å². The number of likely N-dealkylation sites (tertiary alicyclic amines) is 1. The number of hydrogen-bond donors (Lipinski definition) is 1. The fourth-order valence-corrected chi connectivity index (χ4v) is 3.69. The average Bonchev–Trinajstić information content (AvgIpc) is 3.33. The Kier molecular flexibility index (Phi) is 5.25. The van der Waals surface area contributed by atoms with Gasteiger partial charge in [0.15, 0.2) is 0 Å². The second-order valence-electron chi connectivity index (χ2n) is 7.43. The number of nitrogens with zero attached hydrogens (tertiary/aromatic N) is 3. The second-order valence-corrected chi connectivity index (χ2v) is 7.43. The number of piperidine rings is 1. The summed E-state index contributed by atoms with van der Waals surface area (Å²) in [4.78, 5) is 14.6. The molecule has 0 unspecified atom stereocenters. The summed E-state index contributed by atoms with van der Waals surface area (Å²) in [5, 5.41) is 11.3. The summed E-state index contributed by atoms with van der Waals surface area (Å²) in [6, 6.07) is 7.87. The molecule has 0 radical (unpaired) electrons. The minimum absolute atomic E-state index is 0.0171. The first kappa shape index (κ1) is 18.4. The number of carbonyl (C=O) groups is 1. The Morgan fingerprint density at radius 3 is 2.61 bits per heavy atom. The van der Waals surface area contributed by atoms with Gasteiger partial charge in [-0.1, -0.05) is 6.07 Å². The van der Waals surface area contributed by atoms with Crippen LogP contribution in [0.4, 0.5) is 5.69 Å². The van der Waals surface area contributed by atoms with E-state index in [1.807, 2.05) is 26.0 Å². The highest BCUT2D eigenvalue weighted by atomic mass is 16.4. The molecule has 28 heavy (non-hydrogen) atoms. The number of benzene rings is 1. The zero-order valence-electron chi connectivity index (χ0n) is 16.1. The normalized spacial score (nSPS) is 15.6. The minimum Gasteiger partial charge on any atom is -0.472 e. The van der Waals surface area contributed by atoms with Crippen molar-refractivity contribution in [2.24, 2.45) is 0 Å². The van der Waals surface area contributed by atoms with Crippen LogP contribution in [0.2, 0.25) is 0 Å². The number of aromatic nitrogens is 2. The molecule has 0 spiro atoms. The first-order valence-corrected chi connectivity index (χ1v) is 9.53. The Labute approximate surface area is 163 Å². The molecule has 0 bridgehead atoms. The van der Waals surface area contributed by atoms with Crippen molar-refractivity contribution in [1.29, 1.82) is 0 Å². The molecule has 1 amide bonds. The van der Waals surface area contributed by atoms with E-state index < -0.39 is 0 Å². The maximum Gasteiger partial charge on any atom is 0.250 e. The van der Waals surface area contributed by atoms with Crippen LogP contribution >= 0.6 is 0 Å². The van der Waals surface area contributed by atoms with Gasteiger partial charge in [0.1, 0.15) is 6.26 Å². The van der Waals surface area contributed by atoms with Gasteiger partial charge in [0.05, 0.1) is 18.4 Å². The molecule has 7 nitrogen and oxygen atoms in total. The first-order chi connectivity index (χ1) is 13.6. The van der Waals surface area contributed by atoms with Gasteiger partial charge in [-0.25, -0.2) is 0 Å². The van der Waals surface area contributed by atoms with Crippen molar-refractivity contribution >= 4 is 11.6 Å². The summed E-state index contributed by atoms with van der Waals surface area (Å²) in [5.41, 5.74) is 3.94. The van der Waals surface area contributed by atoms with Crippen LogP contribution in [0.3, 0.4) is 0 Å². The molecule has 1 N–H and O–H groups in total. The highest BCUT2D eigenvalue weighted by Gasteiger charge is 2.26. The van der Waals surface area contributed by atoms with Gasteiger partial charge in [-0.3, -0.25) is 9.69 Å². The topological polar surface area (TPSA) is 84.4 Å². The highest BCUT2D eigenvalue weighted by molar-refractivity contribution is 5.92. The van der Waals surface area contributed by atoms with Crippen LogP contribution < -0.4 is 5.32 Å². The van der Waals surface area contributed by atoms with E-state index in [9.17, 15) is 4.79 Å². The Balaban J connectivity index is 1.29. The number of carbonyl (C=O) groups excluding carboxylic acids is 1. The Bertz CT molecular complexity index is 920. The van der Waals surface area contributed by atoms with Gasteiger partial charge in [-0.15, -0.1) is 10.2 Å². The summed E-state index contributed by atoms with van der Waals surface area (Å²) in [6.07, 6.45) is 4.96. The van der Waals surface area contributed by atoms with E-state index in [0.717, 1.165) is 48.3 Å². The van der Waals surface area contributed by atoms with Crippen molar-refractivity contribution in [3.8, 4) is 11.5 Å². The molecule has 146 valence electrons. The number of amides is 1. The Hall–Kier alpha value is -2.93. The fraction of sp³-hybridized carbons (Fsp3) is 0.381. The van der Waals surface area contributed by atoms with Crippen molar-refractivity contribution in [2.75, 3.05) is 25.0 Å². The van der Waals surface area contributed by atoms with Crippen LogP contribution in [0.25, 0.3) is 11.5 Å². The van der Waals surface area contributed by atoms with Crippen molar-refractivity contribution in [3.05, 3.63) is 53.8 Å². The molecule has 1 fully saturated rings. The molecule has 1 saturated heterocycles. The zero-order chi connectivity index (χ0) is 19.5. The van der Waals surface area contributed by atoms with E-state index in [0.29, 0.717) is 18.3 Å². The number of aryl methyl sites for hydroxylation is 2. The lowest BCUT2D eigenvalue weighted by molar-refractivity contribution is -0.117. The van der Waals surface area contributed by atoms with E-state index in [1.54, 1.807) is 18.6 Å². The largest absolute Gasteiger partial charge is 0.472 e. The fourth-order valence-electron chi connectivity index (χ4n) is 3.69. The third kappa shape index (κ3) is 4.31. The number of furan rings is 1. The second kappa shape index (κ2) is 7.98. The van der Waals surface area contributed by atoms with Gasteiger partial charge in [0.25, 0.3) is 5.89 Å². The summed E-state index contributed by atoms with van der Waals surface area (Å²) >= 11 is 0. The quantitative estimate of drug-likeness (QED) is 0.725. The molecule has 0 aliphatic carbocycles. The van der Waals surface area contributed by atoms with Gasteiger partial charge < -0.3 is 14.2 Å². The Morgan fingerprint density at radius 1 is 1.18 bits per heavy atom. The molecule has 1 aliphatic heterocycles. The van der Waals surface area contributed by atoms with Crippen molar-refractivity contribution in [3.63, 3.8) is 0 Å². The maximum absolute atomic E-state index is 12.4. The highest BCUT2D eigenvalue weighted by Crippen LogP contribution is 2.29. The van der Waals surface area contributed by atoms with Crippen molar-refractivity contribution in [1.82, 2.24) is 15.1 Å². The third-order valence-corrected chi connectivity index (χ3v) is 5.02. The zero-order valence-corrected chi connectivity index (χ0v) is 16.1. The molecular weight excluding hydrogens is 356 g/mol. The monoisotopic (exact) mass is 380 g/mol. The number of rotatable bonds is 5. The van der Waals surface area contributed by atoms with E-state index in [4.69, 9.17) is 8.83 Å². The third-order valence-electron chi connectivity index (χ3n) is 5.02. The van der Waals surface area contributed by atoms with Gasteiger partial charge in [0, 0.05) is 11.6 Å². The smallest absolute Gasteiger partial charge is 0.250 e. The SMILES string of the molecule is Cc1cc(C)cc(NC(=O)CN2CCC(c3nnc(-c4ccoc4)o3)CC2)c1. The molecule has 3 aromatic rings. The summed E-state index contributed by atoms with van der Waals surface area (Å²) in [5.74, 6) is 1.39. The molecule has 2 aromatic heterocycles. The predicted octanol–water partition coefficient (Wildman–Crippen LogP) is 3.76. The van der Waals surface area contributed by atoms with Gasteiger partial charge in [-0.2, -0.15) is 0 Å². The van der Waals surface area contributed by atoms with Crippen LogP contribution in [0, 0.1) is 13.8 Å². The molecule has 1 aliphatic rings. The summed E-state index contributed by atoms with van der Waals surface area (Å²) < 4.78 is 10.9. The van der Waals surface area contributed by atoms with Crippen LogP contribution in [0.5, 0.6) is 0 Å². The maximum atomic E-state index is 12.4. The lowest BCUT2D eigenvalue weighted by Gasteiger charge is -2.29. The van der Waals surface area contributed by atoms with E-state index in [1.165, 1.54) is 0 Å². The lowest BCUT2D eigenvalue weighted by Crippen LogP contribution is -2.38. The summed E-state index contributed by atoms with van der Waals surface area (Å²) in [7, 11) is 0. The van der Waals surface area contributed by atoms with Crippen molar-refractivity contribution < 1.29 is 13.6 Å². The van der Waals surface area contributed by atoms with Crippen molar-refractivity contribution in [2.45, 2.75) is 32.6 Å². The van der Waals surface area contributed by atoms with E-state index in [-0.39, 0.29) is 11.8 Å². The molecule has 0 atom stereocenters. The van der Waals surface area contributed by atoms with Crippen LogP contribution in [-0.2, 0) is 4.79 Å². The van der Waals surface area contributed by atoms with E-state index >= 15 is 0 Å². The lowest BCUT2D eigenvalue weighted by atomic mass is 9.97. The molecule has 1 aromatic carbocycles. The van der Waals surface area contributed by atoms with Gasteiger partial charge >= 0.3 is 0 Å². The molecule has 3 heterocycles. The van der Waals surface area contributed by atoms with E-state index in [2.05, 4.69) is 26.5 Å². The molecule has 4 rings (SSSR count). The van der Waals surface area contributed by atoms with Crippen LogP contribution in [0.15, 0.2) is 45.6 Å². The predicted molar refractivity (Wildman–Crippen MR) is 105 cm³/mol. The van der Waals surface area contributed by atoms with Crippen LogP contribution in [0.1, 0.15) is 35.8 Å². The number of anilines is 1. The number of hydrogen-bond acceptors (Lipinski definition) is 6. The first-order valence-electron chi connectivity index (χ1n) is 9.53.